The monoisotopic (exact) mass is 365 g/mol. The summed E-state index contributed by atoms with van der Waals surface area (Å²) in [6, 6.07) is 17.9. The van der Waals surface area contributed by atoms with Crippen molar-refractivity contribution < 1.29 is 4.79 Å². The number of likely N-dealkylation sites (tertiary alicyclic amines) is 1. The lowest BCUT2D eigenvalue weighted by atomic mass is 10.0. The van der Waals surface area contributed by atoms with E-state index in [0.29, 0.717) is 5.56 Å². The fourth-order valence-electron chi connectivity index (χ4n) is 3.55. The van der Waals surface area contributed by atoms with E-state index in [1.807, 2.05) is 65.7 Å². The maximum Gasteiger partial charge on any atom is 0.257 e. The van der Waals surface area contributed by atoms with Crippen LogP contribution in [0.4, 0.5) is 0 Å². The zero-order valence-corrected chi connectivity index (χ0v) is 15.1. The highest BCUT2D eigenvalue weighted by molar-refractivity contribution is 6.31. The van der Waals surface area contributed by atoms with Gasteiger partial charge in [-0.05, 0) is 43.0 Å². The largest absolute Gasteiger partial charge is 0.335 e. The summed E-state index contributed by atoms with van der Waals surface area (Å²) in [7, 11) is 0. The van der Waals surface area contributed by atoms with E-state index in [-0.39, 0.29) is 11.9 Å². The van der Waals surface area contributed by atoms with Crippen LogP contribution < -0.4 is 0 Å². The number of halogens is 1. The number of hydrogen-bond acceptors (Lipinski definition) is 2. The van der Waals surface area contributed by atoms with Gasteiger partial charge in [-0.3, -0.25) is 4.79 Å². The number of benzene rings is 2. The van der Waals surface area contributed by atoms with E-state index < -0.39 is 0 Å². The second kappa shape index (κ2) is 7.34. The summed E-state index contributed by atoms with van der Waals surface area (Å²) in [6.45, 7) is 0.782. The Labute approximate surface area is 158 Å². The maximum absolute atomic E-state index is 13.0. The summed E-state index contributed by atoms with van der Waals surface area (Å²) in [5.41, 5.74) is 2.67. The van der Waals surface area contributed by atoms with Crippen LogP contribution in [0.25, 0.3) is 5.69 Å². The highest BCUT2D eigenvalue weighted by atomic mass is 35.5. The van der Waals surface area contributed by atoms with Crippen LogP contribution in [0.15, 0.2) is 67.0 Å². The Morgan fingerprint density at radius 1 is 1.12 bits per heavy atom. The van der Waals surface area contributed by atoms with Crippen molar-refractivity contribution in [1.29, 1.82) is 0 Å². The Hall–Kier alpha value is -2.59. The van der Waals surface area contributed by atoms with Crippen LogP contribution in [0.3, 0.4) is 0 Å². The molecule has 1 fully saturated rings. The molecule has 5 heteroatoms. The molecule has 1 aromatic heterocycles. The van der Waals surface area contributed by atoms with E-state index in [2.05, 4.69) is 5.10 Å². The summed E-state index contributed by atoms with van der Waals surface area (Å²) in [5.74, 6) is 0.0433. The van der Waals surface area contributed by atoms with E-state index in [1.54, 1.807) is 10.9 Å². The third kappa shape index (κ3) is 3.37. The van der Waals surface area contributed by atoms with Crippen LogP contribution in [0.1, 0.15) is 28.8 Å². The average molecular weight is 366 g/mol. The lowest BCUT2D eigenvalue weighted by molar-refractivity contribution is 0.0736. The summed E-state index contributed by atoms with van der Waals surface area (Å²) >= 11 is 6.30. The Morgan fingerprint density at radius 3 is 2.69 bits per heavy atom. The minimum absolute atomic E-state index is 0.0433. The number of carbonyl (C=O) groups is 1. The first kappa shape index (κ1) is 16.9. The maximum atomic E-state index is 13.0. The van der Waals surface area contributed by atoms with Gasteiger partial charge in [0, 0.05) is 23.8 Å². The van der Waals surface area contributed by atoms with Crippen LogP contribution in [0.5, 0.6) is 0 Å². The van der Waals surface area contributed by atoms with Gasteiger partial charge in [0.15, 0.2) is 0 Å². The van der Waals surface area contributed by atoms with Gasteiger partial charge in [0.2, 0.25) is 0 Å². The predicted molar refractivity (Wildman–Crippen MR) is 103 cm³/mol. The lowest BCUT2D eigenvalue weighted by Crippen LogP contribution is -2.36. The van der Waals surface area contributed by atoms with Gasteiger partial charge in [-0.25, -0.2) is 4.68 Å². The highest BCUT2D eigenvalue weighted by Crippen LogP contribution is 2.26. The summed E-state index contributed by atoms with van der Waals surface area (Å²) in [5, 5.41) is 5.12. The van der Waals surface area contributed by atoms with Crippen molar-refractivity contribution in [2.24, 2.45) is 0 Å². The Kier molecular flexibility index (Phi) is 4.76. The molecule has 4 nitrogen and oxygen atoms in total. The molecule has 1 saturated heterocycles. The molecule has 0 N–H and O–H groups in total. The molecule has 0 bridgehead atoms. The number of nitrogens with zero attached hydrogens (tertiary/aromatic N) is 3. The van der Waals surface area contributed by atoms with E-state index >= 15 is 0 Å². The molecule has 0 radical (unpaired) electrons. The molecule has 1 aliphatic heterocycles. The molecule has 1 amide bonds. The Balaban J connectivity index is 1.52. The van der Waals surface area contributed by atoms with Crippen LogP contribution in [-0.4, -0.2) is 33.2 Å². The Bertz CT molecular complexity index is 906. The molecule has 0 aliphatic carbocycles. The smallest absolute Gasteiger partial charge is 0.257 e. The first-order valence-corrected chi connectivity index (χ1v) is 9.24. The average Bonchev–Trinajstić information content (AvgIpc) is 3.33. The molecule has 0 spiro atoms. The molecule has 1 aliphatic rings. The topological polar surface area (TPSA) is 38.1 Å². The van der Waals surface area contributed by atoms with E-state index in [4.69, 9.17) is 11.6 Å². The quantitative estimate of drug-likeness (QED) is 0.688. The van der Waals surface area contributed by atoms with Crippen LogP contribution in [0, 0.1) is 0 Å². The third-order valence-corrected chi connectivity index (χ3v) is 5.27. The first-order chi connectivity index (χ1) is 12.7. The molecule has 3 aromatic rings. The molecule has 1 atom stereocenters. The fourth-order valence-corrected chi connectivity index (χ4v) is 3.77. The highest BCUT2D eigenvalue weighted by Gasteiger charge is 2.30. The number of hydrogen-bond donors (Lipinski definition) is 0. The van der Waals surface area contributed by atoms with Gasteiger partial charge in [-0.15, -0.1) is 0 Å². The molecule has 2 aromatic carbocycles. The predicted octanol–water partition coefficient (Wildman–Crippen LogP) is 4.37. The van der Waals surface area contributed by atoms with Crippen molar-refractivity contribution >= 4 is 17.5 Å². The van der Waals surface area contributed by atoms with Gasteiger partial charge >= 0.3 is 0 Å². The number of para-hydroxylation sites is 1. The minimum atomic E-state index is 0.0433. The molecule has 1 unspecified atom stereocenters. The van der Waals surface area contributed by atoms with E-state index in [1.165, 1.54) is 0 Å². The number of amides is 1. The molecular weight excluding hydrogens is 346 g/mol. The molecular formula is C21H20ClN3O. The standard InChI is InChI=1S/C21H20ClN3O/c22-20-11-5-4-7-16(20)13-19-10-6-12-24(19)21(26)17-14-23-25(15-17)18-8-2-1-3-9-18/h1-5,7-9,11,14-15,19H,6,10,12-13H2. The second-order valence-corrected chi connectivity index (χ2v) is 7.01. The van der Waals surface area contributed by atoms with Crippen molar-refractivity contribution in [3.8, 4) is 5.69 Å². The molecule has 26 heavy (non-hydrogen) atoms. The van der Waals surface area contributed by atoms with Crippen molar-refractivity contribution in [1.82, 2.24) is 14.7 Å². The number of rotatable bonds is 4. The Morgan fingerprint density at radius 2 is 1.88 bits per heavy atom. The summed E-state index contributed by atoms with van der Waals surface area (Å²) < 4.78 is 1.74. The van der Waals surface area contributed by atoms with Gasteiger partial charge in [0.1, 0.15) is 0 Å². The zero-order chi connectivity index (χ0) is 17.9. The van der Waals surface area contributed by atoms with Crippen LogP contribution >= 0.6 is 11.6 Å². The van der Waals surface area contributed by atoms with E-state index in [9.17, 15) is 4.79 Å². The van der Waals surface area contributed by atoms with Crippen molar-refractivity contribution in [2.45, 2.75) is 25.3 Å². The second-order valence-electron chi connectivity index (χ2n) is 6.60. The SMILES string of the molecule is O=C(c1cnn(-c2ccccc2)c1)N1CCCC1Cc1ccccc1Cl. The number of carbonyl (C=O) groups excluding carboxylic acids is 1. The third-order valence-electron chi connectivity index (χ3n) is 4.90. The van der Waals surface area contributed by atoms with Crippen LogP contribution in [0.2, 0.25) is 5.02 Å². The first-order valence-electron chi connectivity index (χ1n) is 8.87. The zero-order valence-electron chi connectivity index (χ0n) is 14.4. The minimum Gasteiger partial charge on any atom is -0.335 e. The van der Waals surface area contributed by atoms with Gasteiger partial charge in [-0.1, -0.05) is 48.0 Å². The van der Waals surface area contributed by atoms with Gasteiger partial charge in [0.05, 0.1) is 17.4 Å². The van der Waals surface area contributed by atoms with Crippen molar-refractivity contribution in [3.05, 3.63) is 83.1 Å². The molecule has 132 valence electrons. The van der Waals surface area contributed by atoms with Crippen molar-refractivity contribution in [2.75, 3.05) is 6.54 Å². The van der Waals surface area contributed by atoms with Gasteiger partial charge in [0.25, 0.3) is 5.91 Å². The van der Waals surface area contributed by atoms with Gasteiger partial charge in [-0.2, -0.15) is 5.10 Å². The molecule has 0 saturated carbocycles. The summed E-state index contributed by atoms with van der Waals surface area (Å²) in [6.07, 6.45) is 6.28. The lowest BCUT2D eigenvalue weighted by Gasteiger charge is -2.24. The normalized spacial score (nSPS) is 16.8. The van der Waals surface area contributed by atoms with Crippen molar-refractivity contribution in [3.63, 3.8) is 0 Å². The van der Waals surface area contributed by atoms with Crippen LogP contribution in [-0.2, 0) is 6.42 Å². The van der Waals surface area contributed by atoms with E-state index in [0.717, 1.165) is 42.1 Å². The summed E-state index contributed by atoms with van der Waals surface area (Å²) in [4.78, 5) is 15.0. The molecule has 4 rings (SSSR count). The fraction of sp³-hybridized carbons (Fsp3) is 0.238. The number of aromatic nitrogens is 2. The van der Waals surface area contributed by atoms with Gasteiger partial charge < -0.3 is 4.90 Å². The molecule has 2 heterocycles.